The molecule has 0 saturated heterocycles. The normalized spacial score (nSPS) is 10.3. The molecule has 17 heavy (non-hydrogen) atoms. The molecule has 0 N–H and O–H groups in total. The van der Waals surface area contributed by atoms with Gasteiger partial charge in [-0.25, -0.2) is 0 Å². The van der Waals surface area contributed by atoms with Crippen molar-refractivity contribution in [3.63, 3.8) is 0 Å². The number of carbonyl (C=O) groups is 1. The molecular formula is C12H13N3O2. The molecular weight excluding hydrogens is 218 g/mol. The van der Waals surface area contributed by atoms with Crippen molar-refractivity contribution in [2.45, 2.75) is 6.92 Å². The summed E-state index contributed by atoms with van der Waals surface area (Å²) in [5, 5.41) is 4.01. The Morgan fingerprint density at radius 1 is 1.35 bits per heavy atom. The Labute approximate surface area is 99.1 Å². The van der Waals surface area contributed by atoms with Crippen molar-refractivity contribution in [3.05, 3.63) is 41.5 Å². The van der Waals surface area contributed by atoms with E-state index in [1.165, 1.54) is 18.0 Å². The molecule has 2 aromatic heterocycles. The predicted molar refractivity (Wildman–Crippen MR) is 62.2 cm³/mol. The van der Waals surface area contributed by atoms with Crippen LogP contribution in [0.1, 0.15) is 21.6 Å². The van der Waals surface area contributed by atoms with Gasteiger partial charge < -0.3 is 4.74 Å². The fraction of sp³-hybridized carbons (Fsp3) is 0.250. The fourth-order valence-electron chi connectivity index (χ4n) is 1.64. The molecule has 0 saturated carbocycles. The standard InChI is InChI=1S/C12H13N3O2/c1-8-4-9(6-13-5-8)12(16)11-10(17-3)7-14-15(11)2/h4-7H,1-3H3. The molecule has 0 fully saturated rings. The molecule has 0 aromatic carbocycles. The van der Waals surface area contributed by atoms with Crippen LogP contribution in [0.25, 0.3) is 0 Å². The number of carbonyl (C=O) groups excluding carboxylic acids is 1. The van der Waals surface area contributed by atoms with Crippen LogP contribution in [0.3, 0.4) is 0 Å². The first kappa shape index (κ1) is 11.3. The minimum Gasteiger partial charge on any atom is -0.493 e. The molecule has 0 aliphatic carbocycles. The van der Waals surface area contributed by atoms with Gasteiger partial charge in [-0.1, -0.05) is 0 Å². The minimum absolute atomic E-state index is 0.141. The number of rotatable bonds is 3. The van der Waals surface area contributed by atoms with E-state index in [1.807, 2.05) is 6.92 Å². The zero-order valence-electron chi connectivity index (χ0n) is 9.97. The van der Waals surface area contributed by atoms with E-state index in [4.69, 9.17) is 4.74 Å². The van der Waals surface area contributed by atoms with Crippen LogP contribution in [0.5, 0.6) is 5.75 Å². The van der Waals surface area contributed by atoms with E-state index in [9.17, 15) is 4.79 Å². The van der Waals surface area contributed by atoms with E-state index in [1.54, 1.807) is 25.5 Å². The van der Waals surface area contributed by atoms with Crippen LogP contribution in [0, 0.1) is 6.92 Å². The van der Waals surface area contributed by atoms with Crippen molar-refractivity contribution in [1.29, 1.82) is 0 Å². The first-order chi connectivity index (χ1) is 8.13. The number of methoxy groups -OCH3 is 1. The van der Waals surface area contributed by atoms with Gasteiger partial charge >= 0.3 is 0 Å². The molecule has 5 heteroatoms. The highest BCUT2D eigenvalue weighted by Gasteiger charge is 2.19. The summed E-state index contributed by atoms with van der Waals surface area (Å²) >= 11 is 0. The zero-order valence-corrected chi connectivity index (χ0v) is 9.97. The Balaban J connectivity index is 2.47. The molecule has 5 nitrogen and oxygen atoms in total. The van der Waals surface area contributed by atoms with E-state index in [0.717, 1.165) is 5.56 Å². The number of aromatic nitrogens is 3. The Kier molecular flexibility index (Phi) is 2.91. The van der Waals surface area contributed by atoms with Crippen LogP contribution in [0.2, 0.25) is 0 Å². The lowest BCUT2D eigenvalue weighted by atomic mass is 10.1. The van der Waals surface area contributed by atoms with E-state index in [2.05, 4.69) is 10.1 Å². The zero-order chi connectivity index (χ0) is 12.4. The molecule has 0 radical (unpaired) electrons. The molecule has 0 unspecified atom stereocenters. The molecule has 0 atom stereocenters. The Morgan fingerprint density at radius 3 is 2.76 bits per heavy atom. The van der Waals surface area contributed by atoms with E-state index in [0.29, 0.717) is 17.0 Å². The van der Waals surface area contributed by atoms with Crippen molar-refractivity contribution in [1.82, 2.24) is 14.8 Å². The minimum atomic E-state index is -0.141. The smallest absolute Gasteiger partial charge is 0.216 e. The number of hydrogen-bond acceptors (Lipinski definition) is 4. The largest absolute Gasteiger partial charge is 0.493 e. The van der Waals surface area contributed by atoms with Crippen LogP contribution in [0.4, 0.5) is 0 Å². The highest BCUT2D eigenvalue weighted by molar-refractivity contribution is 6.09. The van der Waals surface area contributed by atoms with Gasteiger partial charge in [-0.15, -0.1) is 0 Å². The fourth-order valence-corrected chi connectivity index (χ4v) is 1.64. The van der Waals surface area contributed by atoms with Crippen molar-refractivity contribution in [2.75, 3.05) is 7.11 Å². The van der Waals surface area contributed by atoms with Gasteiger partial charge in [0.1, 0.15) is 0 Å². The number of ether oxygens (including phenoxy) is 1. The van der Waals surface area contributed by atoms with Gasteiger partial charge in [0.05, 0.1) is 13.3 Å². The number of pyridine rings is 1. The summed E-state index contributed by atoms with van der Waals surface area (Å²) in [4.78, 5) is 16.3. The van der Waals surface area contributed by atoms with E-state index >= 15 is 0 Å². The van der Waals surface area contributed by atoms with Crippen LogP contribution in [0.15, 0.2) is 24.7 Å². The van der Waals surface area contributed by atoms with Gasteiger partial charge in [0.25, 0.3) is 0 Å². The molecule has 0 spiro atoms. The van der Waals surface area contributed by atoms with Crippen molar-refractivity contribution in [2.24, 2.45) is 7.05 Å². The van der Waals surface area contributed by atoms with Gasteiger partial charge in [-0.2, -0.15) is 5.10 Å². The Bertz CT molecular complexity index is 561. The van der Waals surface area contributed by atoms with E-state index < -0.39 is 0 Å². The van der Waals surface area contributed by atoms with Gasteiger partial charge in [0.15, 0.2) is 11.4 Å². The van der Waals surface area contributed by atoms with Crippen LogP contribution in [-0.2, 0) is 7.05 Å². The molecule has 88 valence electrons. The molecule has 2 rings (SSSR count). The lowest BCUT2D eigenvalue weighted by Crippen LogP contribution is -2.10. The lowest BCUT2D eigenvalue weighted by Gasteiger charge is -2.04. The SMILES string of the molecule is COc1cnn(C)c1C(=O)c1cncc(C)c1. The third-order valence-electron chi connectivity index (χ3n) is 2.48. The maximum absolute atomic E-state index is 12.3. The van der Waals surface area contributed by atoms with Gasteiger partial charge in [0.2, 0.25) is 5.78 Å². The summed E-state index contributed by atoms with van der Waals surface area (Å²) in [6.07, 6.45) is 4.77. The monoisotopic (exact) mass is 231 g/mol. The summed E-state index contributed by atoms with van der Waals surface area (Å²) in [6.45, 7) is 1.89. The van der Waals surface area contributed by atoms with Crippen molar-refractivity contribution in [3.8, 4) is 5.75 Å². The summed E-state index contributed by atoms with van der Waals surface area (Å²) in [5.74, 6) is 0.331. The predicted octanol–water partition coefficient (Wildman–Crippen LogP) is 1.36. The highest BCUT2D eigenvalue weighted by atomic mass is 16.5. The molecule has 0 amide bonds. The summed E-state index contributed by atoms with van der Waals surface area (Å²) in [6, 6.07) is 1.79. The summed E-state index contributed by atoms with van der Waals surface area (Å²) < 4.78 is 6.62. The maximum atomic E-state index is 12.3. The molecule has 2 heterocycles. The quantitative estimate of drug-likeness (QED) is 0.748. The van der Waals surface area contributed by atoms with Crippen molar-refractivity contribution >= 4 is 5.78 Å². The number of hydrogen-bond donors (Lipinski definition) is 0. The average Bonchev–Trinajstić information content (AvgIpc) is 2.69. The summed E-state index contributed by atoms with van der Waals surface area (Å²) in [5.41, 5.74) is 1.91. The van der Waals surface area contributed by atoms with Gasteiger partial charge in [-0.05, 0) is 18.6 Å². The second kappa shape index (κ2) is 4.37. The number of nitrogens with zero attached hydrogens (tertiary/aromatic N) is 3. The van der Waals surface area contributed by atoms with Crippen LogP contribution < -0.4 is 4.74 Å². The van der Waals surface area contributed by atoms with Gasteiger partial charge in [-0.3, -0.25) is 14.5 Å². The number of ketones is 1. The maximum Gasteiger partial charge on any atom is 0.216 e. The highest BCUT2D eigenvalue weighted by Crippen LogP contribution is 2.20. The first-order valence-corrected chi connectivity index (χ1v) is 5.16. The van der Waals surface area contributed by atoms with Crippen LogP contribution >= 0.6 is 0 Å². The number of aryl methyl sites for hydroxylation is 2. The van der Waals surface area contributed by atoms with Crippen molar-refractivity contribution < 1.29 is 9.53 Å². The molecule has 2 aromatic rings. The Hall–Kier alpha value is -2.17. The average molecular weight is 231 g/mol. The second-order valence-corrected chi connectivity index (χ2v) is 3.77. The Morgan fingerprint density at radius 2 is 2.12 bits per heavy atom. The third kappa shape index (κ3) is 2.04. The molecule has 0 aliphatic heterocycles. The first-order valence-electron chi connectivity index (χ1n) is 5.16. The topological polar surface area (TPSA) is 57.0 Å². The third-order valence-corrected chi connectivity index (χ3v) is 2.48. The molecule has 0 aliphatic rings. The van der Waals surface area contributed by atoms with Crippen LogP contribution in [-0.4, -0.2) is 27.7 Å². The summed E-state index contributed by atoms with van der Waals surface area (Å²) in [7, 11) is 3.22. The van der Waals surface area contributed by atoms with E-state index in [-0.39, 0.29) is 5.78 Å². The lowest BCUT2D eigenvalue weighted by molar-refractivity contribution is 0.102. The molecule has 0 bridgehead atoms. The van der Waals surface area contributed by atoms with Gasteiger partial charge in [0, 0.05) is 25.0 Å². The second-order valence-electron chi connectivity index (χ2n) is 3.77.